The second-order valence-electron chi connectivity index (χ2n) is 6.99. The molecular formula is C22H27ClN2OS. The lowest BCUT2D eigenvalue weighted by Crippen LogP contribution is -2.31. The highest BCUT2D eigenvalue weighted by Gasteiger charge is 2.18. The normalized spacial score (nSPS) is 15.6. The maximum atomic E-state index is 12.6. The van der Waals surface area contributed by atoms with Crippen LogP contribution in [0.4, 0.5) is 0 Å². The van der Waals surface area contributed by atoms with Gasteiger partial charge in [-0.05, 0) is 67.7 Å². The highest BCUT2D eigenvalue weighted by molar-refractivity contribution is 8.00. The molecule has 1 N–H and O–H groups in total. The first-order chi connectivity index (χ1) is 13.1. The number of carbonyl (C=O) groups is 1. The Bertz CT molecular complexity index is 744. The van der Waals surface area contributed by atoms with Gasteiger partial charge in [-0.25, -0.2) is 0 Å². The summed E-state index contributed by atoms with van der Waals surface area (Å²) < 4.78 is 0. The molecule has 1 amide bonds. The van der Waals surface area contributed by atoms with Gasteiger partial charge in [-0.15, -0.1) is 11.8 Å². The summed E-state index contributed by atoms with van der Waals surface area (Å²) in [6.07, 6.45) is 3.40. The predicted octanol–water partition coefficient (Wildman–Crippen LogP) is 5.12. The van der Waals surface area contributed by atoms with Crippen molar-refractivity contribution in [2.45, 2.75) is 49.4 Å². The molecule has 144 valence electrons. The Hall–Kier alpha value is -1.49. The molecule has 1 saturated heterocycles. The highest BCUT2D eigenvalue weighted by atomic mass is 35.5. The quantitative estimate of drug-likeness (QED) is 0.621. The van der Waals surface area contributed by atoms with E-state index < -0.39 is 0 Å². The zero-order valence-corrected chi connectivity index (χ0v) is 17.4. The first kappa shape index (κ1) is 20.2. The van der Waals surface area contributed by atoms with Crippen LogP contribution in [0, 0.1) is 0 Å². The van der Waals surface area contributed by atoms with E-state index in [9.17, 15) is 4.79 Å². The molecule has 0 bridgehead atoms. The van der Waals surface area contributed by atoms with E-state index in [1.54, 1.807) is 11.8 Å². The molecule has 1 aliphatic rings. The summed E-state index contributed by atoms with van der Waals surface area (Å²) in [5.74, 6) is 0.0856. The van der Waals surface area contributed by atoms with Crippen molar-refractivity contribution in [2.75, 3.05) is 13.1 Å². The maximum absolute atomic E-state index is 12.6. The summed E-state index contributed by atoms with van der Waals surface area (Å²) in [6, 6.07) is 16.2. The number of hydrogen-bond donors (Lipinski definition) is 1. The number of halogens is 1. The minimum absolute atomic E-state index is 0.0856. The fraction of sp³-hybridized carbons (Fsp3) is 0.409. The number of carbonyl (C=O) groups excluding carboxylic acids is 1. The largest absolute Gasteiger partial charge is 0.351 e. The lowest BCUT2D eigenvalue weighted by Gasteiger charge is -2.16. The predicted molar refractivity (Wildman–Crippen MR) is 114 cm³/mol. The summed E-state index contributed by atoms with van der Waals surface area (Å²) in [4.78, 5) is 16.2. The number of amides is 1. The first-order valence-corrected chi connectivity index (χ1v) is 10.9. The molecule has 5 heteroatoms. The Morgan fingerprint density at radius 3 is 2.56 bits per heavy atom. The molecule has 2 aromatic rings. The Morgan fingerprint density at radius 1 is 1.15 bits per heavy atom. The second-order valence-corrected chi connectivity index (χ2v) is 8.70. The van der Waals surface area contributed by atoms with Gasteiger partial charge >= 0.3 is 0 Å². The van der Waals surface area contributed by atoms with Crippen LogP contribution in [-0.4, -0.2) is 29.1 Å². The van der Waals surface area contributed by atoms with Gasteiger partial charge < -0.3 is 5.32 Å². The number of likely N-dealkylation sites (tertiary alicyclic amines) is 1. The molecule has 2 aromatic carbocycles. The van der Waals surface area contributed by atoms with Gasteiger partial charge in [0.1, 0.15) is 0 Å². The second kappa shape index (κ2) is 10.2. The Kier molecular flexibility index (Phi) is 7.62. The van der Waals surface area contributed by atoms with E-state index in [0.29, 0.717) is 11.6 Å². The molecule has 0 spiro atoms. The fourth-order valence-corrected chi connectivity index (χ4v) is 4.44. The fourth-order valence-electron chi connectivity index (χ4n) is 3.34. The van der Waals surface area contributed by atoms with Crippen LogP contribution in [-0.2, 0) is 17.9 Å². The lowest BCUT2D eigenvalue weighted by atomic mass is 10.1. The van der Waals surface area contributed by atoms with E-state index in [4.69, 9.17) is 11.6 Å². The van der Waals surface area contributed by atoms with Gasteiger partial charge in [0.15, 0.2) is 0 Å². The van der Waals surface area contributed by atoms with Crippen molar-refractivity contribution in [1.29, 1.82) is 0 Å². The molecule has 3 rings (SSSR count). The Balaban J connectivity index is 1.53. The van der Waals surface area contributed by atoms with Gasteiger partial charge in [0.25, 0.3) is 0 Å². The molecule has 1 atom stereocenters. The van der Waals surface area contributed by atoms with E-state index in [0.717, 1.165) is 23.4 Å². The monoisotopic (exact) mass is 402 g/mol. The van der Waals surface area contributed by atoms with E-state index in [1.165, 1.54) is 31.5 Å². The van der Waals surface area contributed by atoms with E-state index in [2.05, 4.69) is 34.5 Å². The zero-order chi connectivity index (χ0) is 19.1. The van der Waals surface area contributed by atoms with Crippen LogP contribution >= 0.6 is 23.4 Å². The zero-order valence-electron chi connectivity index (χ0n) is 15.8. The van der Waals surface area contributed by atoms with E-state index in [-0.39, 0.29) is 11.2 Å². The average Bonchev–Trinajstić information content (AvgIpc) is 3.19. The number of benzene rings is 2. The smallest absolute Gasteiger partial charge is 0.233 e. The summed E-state index contributed by atoms with van der Waals surface area (Å²) >= 11 is 7.52. The molecule has 27 heavy (non-hydrogen) atoms. The third kappa shape index (κ3) is 6.27. The van der Waals surface area contributed by atoms with Crippen molar-refractivity contribution < 1.29 is 4.79 Å². The molecule has 3 nitrogen and oxygen atoms in total. The Morgan fingerprint density at radius 2 is 1.85 bits per heavy atom. The summed E-state index contributed by atoms with van der Waals surface area (Å²) in [7, 11) is 0. The summed E-state index contributed by atoms with van der Waals surface area (Å²) in [6.45, 7) is 6.02. The van der Waals surface area contributed by atoms with Crippen LogP contribution in [0.2, 0.25) is 5.02 Å². The van der Waals surface area contributed by atoms with Crippen molar-refractivity contribution >= 4 is 29.3 Å². The third-order valence-corrected chi connectivity index (χ3v) is 6.45. The highest BCUT2D eigenvalue weighted by Crippen LogP contribution is 2.27. The van der Waals surface area contributed by atoms with E-state index in [1.807, 2.05) is 31.2 Å². The minimum Gasteiger partial charge on any atom is -0.351 e. The third-order valence-electron chi connectivity index (χ3n) is 4.82. The lowest BCUT2D eigenvalue weighted by molar-refractivity contribution is -0.120. The van der Waals surface area contributed by atoms with Crippen molar-refractivity contribution in [3.05, 3.63) is 64.7 Å². The van der Waals surface area contributed by atoms with Crippen LogP contribution < -0.4 is 5.32 Å². The van der Waals surface area contributed by atoms with Gasteiger partial charge in [-0.2, -0.15) is 0 Å². The minimum atomic E-state index is -0.0982. The molecule has 0 saturated carbocycles. The molecule has 1 fully saturated rings. The SMILES string of the molecule is CC[C@@H](Sc1ccc(Cl)cc1)C(=O)NCc1cccc(CN2CCCC2)c1. The first-order valence-electron chi connectivity index (χ1n) is 9.64. The van der Waals surface area contributed by atoms with Gasteiger partial charge in [0, 0.05) is 23.0 Å². The van der Waals surface area contributed by atoms with Crippen molar-refractivity contribution in [1.82, 2.24) is 10.2 Å². The molecule has 0 radical (unpaired) electrons. The topological polar surface area (TPSA) is 32.3 Å². The van der Waals surface area contributed by atoms with Crippen molar-refractivity contribution in [2.24, 2.45) is 0 Å². The standard InChI is InChI=1S/C22H27ClN2OS/c1-2-21(27-20-10-8-19(23)9-11-20)22(26)24-15-17-6-5-7-18(14-17)16-25-12-3-4-13-25/h5-11,14,21H,2-4,12-13,15-16H2,1H3,(H,24,26)/t21-/m1/s1. The van der Waals surface area contributed by atoms with Crippen LogP contribution in [0.1, 0.15) is 37.3 Å². The van der Waals surface area contributed by atoms with Gasteiger partial charge in [0.2, 0.25) is 5.91 Å². The average molecular weight is 403 g/mol. The van der Waals surface area contributed by atoms with Gasteiger partial charge in [-0.3, -0.25) is 9.69 Å². The van der Waals surface area contributed by atoms with Crippen molar-refractivity contribution in [3.63, 3.8) is 0 Å². The van der Waals surface area contributed by atoms with Crippen molar-refractivity contribution in [3.8, 4) is 0 Å². The number of nitrogens with one attached hydrogen (secondary N) is 1. The number of rotatable bonds is 8. The molecular weight excluding hydrogens is 376 g/mol. The molecule has 0 unspecified atom stereocenters. The van der Waals surface area contributed by atoms with Crippen LogP contribution in [0.5, 0.6) is 0 Å². The Labute approximate surface area is 171 Å². The van der Waals surface area contributed by atoms with E-state index >= 15 is 0 Å². The number of nitrogens with zero attached hydrogens (tertiary/aromatic N) is 1. The van der Waals surface area contributed by atoms with Gasteiger partial charge in [0.05, 0.1) is 5.25 Å². The number of thioether (sulfide) groups is 1. The molecule has 0 aromatic heterocycles. The van der Waals surface area contributed by atoms with Crippen LogP contribution in [0.25, 0.3) is 0 Å². The molecule has 1 heterocycles. The summed E-state index contributed by atoms with van der Waals surface area (Å²) in [5, 5.41) is 3.72. The summed E-state index contributed by atoms with van der Waals surface area (Å²) in [5.41, 5.74) is 2.48. The van der Waals surface area contributed by atoms with Crippen LogP contribution in [0.3, 0.4) is 0 Å². The molecule has 0 aliphatic carbocycles. The molecule has 1 aliphatic heterocycles. The van der Waals surface area contributed by atoms with Crippen LogP contribution in [0.15, 0.2) is 53.4 Å². The number of hydrogen-bond acceptors (Lipinski definition) is 3. The maximum Gasteiger partial charge on any atom is 0.233 e. The van der Waals surface area contributed by atoms with Gasteiger partial charge in [-0.1, -0.05) is 42.8 Å².